The van der Waals surface area contributed by atoms with Crippen molar-refractivity contribution in [1.82, 2.24) is 14.8 Å². The van der Waals surface area contributed by atoms with Gasteiger partial charge in [0.1, 0.15) is 6.04 Å². The Labute approximate surface area is 131 Å². The number of aromatic nitrogens is 3. The molecule has 0 saturated heterocycles. The molecular weight excluding hydrogens is 306 g/mol. The Hall–Kier alpha value is -2.41. The molecule has 7 nitrogen and oxygen atoms in total. The molecule has 2 amide bonds. The summed E-state index contributed by atoms with van der Waals surface area (Å²) in [5.74, 6) is 0.483. The van der Waals surface area contributed by atoms with Gasteiger partial charge in [0, 0.05) is 17.1 Å². The van der Waals surface area contributed by atoms with Crippen LogP contribution in [-0.4, -0.2) is 26.6 Å². The van der Waals surface area contributed by atoms with Crippen LogP contribution in [0.25, 0.3) is 0 Å². The molecule has 1 aromatic heterocycles. The lowest BCUT2D eigenvalue weighted by Crippen LogP contribution is -2.23. The third-order valence-corrected chi connectivity index (χ3v) is 3.58. The van der Waals surface area contributed by atoms with Crippen LogP contribution in [0.2, 0.25) is 5.02 Å². The molecule has 0 unspecified atom stereocenters. The van der Waals surface area contributed by atoms with Gasteiger partial charge in [0.15, 0.2) is 5.82 Å². The third kappa shape index (κ3) is 2.80. The summed E-state index contributed by atoms with van der Waals surface area (Å²) in [7, 11) is 0. The number of rotatable bonds is 4. The molecule has 0 bridgehead atoms. The lowest BCUT2D eigenvalue weighted by Gasteiger charge is -2.09. The van der Waals surface area contributed by atoms with Gasteiger partial charge in [0.05, 0.1) is 6.42 Å². The van der Waals surface area contributed by atoms with Gasteiger partial charge in [-0.25, -0.2) is 4.68 Å². The predicted octanol–water partition coefficient (Wildman–Crippen LogP) is 2.02. The zero-order valence-electron chi connectivity index (χ0n) is 11.8. The smallest absolute Gasteiger partial charge is 0.252 e. The Morgan fingerprint density at radius 1 is 1.41 bits per heavy atom. The molecule has 1 aromatic carbocycles. The second kappa shape index (κ2) is 5.76. The first-order chi connectivity index (χ1) is 10.6. The first-order valence-electron chi connectivity index (χ1n) is 6.88. The first-order valence-corrected chi connectivity index (χ1v) is 7.26. The molecule has 2 aromatic rings. The molecule has 22 heavy (non-hydrogen) atoms. The summed E-state index contributed by atoms with van der Waals surface area (Å²) in [6.45, 7) is 1.93. The van der Waals surface area contributed by atoms with E-state index >= 15 is 0 Å². The predicted molar refractivity (Wildman–Crippen MR) is 81.8 cm³/mol. The lowest BCUT2D eigenvalue weighted by molar-refractivity contribution is -0.123. The zero-order chi connectivity index (χ0) is 15.7. The van der Waals surface area contributed by atoms with E-state index in [1.807, 2.05) is 6.92 Å². The Balaban J connectivity index is 1.70. The van der Waals surface area contributed by atoms with Crippen LogP contribution in [-0.2, 0) is 16.0 Å². The van der Waals surface area contributed by atoms with Crippen LogP contribution < -0.4 is 10.6 Å². The molecule has 0 fully saturated rings. The summed E-state index contributed by atoms with van der Waals surface area (Å²) < 4.78 is 1.47. The van der Waals surface area contributed by atoms with Crippen molar-refractivity contribution < 1.29 is 9.59 Å². The third-order valence-electron chi connectivity index (χ3n) is 3.33. The molecule has 3 rings (SSSR count). The van der Waals surface area contributed by atoms with Crippen molar-refractivity contribution in [3.8, 4) is 0 Å². The average Bonchev–Trinajstić information content (AvgIpc) is 3.00. The lowest BCUT2D eigenvalue weighted by atomic mass is 10.2. The maximum Gasteiger partial charge on any atom is 0.252 e. The van der Waals surface area contributed by atoms with Crippen LogP contribution in [0, 0.1) is 0 Å². The van der Waals surface area contributed by atoms with Crippen LogP contribution >= 0.6 is 11.6 Å². The number of benzene rings is 1. The SMILES string of the molecule is CCc1nc2n(n1)[C@@H](CC(=O)Nc1ccc(Cl)cc1)C(=O)N2. The summed E-state index contributed by atoms with van der Waals surface area (Å²) in [5.41, 5.74) is 0.626. The molecule has 0 aliphatic carbocycles. The molecular formula is C14H14ClN5O2. The van der Waals surface area contributed by atoms with Gasteiger partial charge in [-0.3, -0.25) is 14.9 Å². The van der Waals surface area contributed by atoms with Gasteiger partial charge in [0.2, 0.25) is 11.9 Å². The number of hydrogen-bond acceptors (Lipinski definition) is 4. The van der Waals surface area contributed by atoms with Gasteiger partial charge in [-0.2, -0.15) is 10.1 Å². The fourth-order valence-electron chi connectivity index (χ4n) is 2.22. The molecule has 2 heterocycles. The van der Waals surface area contributed by atoms with Crippen molar-refractivity contribution in [2.75, 3.05) is 10.6 Å². The largest absolute Gasteiger partial charge is 0.326 e. The normalized spacial score (nSPS) is 16.3. The van der Waals surface area contributed by atoms with E-state index in [9.17, 15) is 9.59 Å². The number of carbonyl (C=O) groups excluding carboxylic acids is 2. The number of hydrogen-bond donors (Lipinski definition) is 2. The van der Waals surface area contributed by atoms with Crippen LogP contribution in [0.15, 0.2) is 24.3 Å². The van der Waals surface area contributed by atoms with Crippen molar-refractivity contribution in [3.05, 3.63) is 35.1 Å². The highest BCUT2D eigenvalue weighted by atomic mass is 35.5. The van der Waals surface area contributed by atoms with Crippen LogP contribution in [0.4, 0.5) is 11.6 Å². The number of nitrogens with one attached hydrogen (secondary N) is 2. The molecule has 114 valence electrons. The van der Waals surface area contributed by atoms with Crippen molar-refractivity contribution >= 4 is 35.1 Å². The quantitative estimate of drug-likeness (QED) is 0.902. The van der Waals surface area contributed by atoms with E-state index in [1.54, 1.807) is 24.3 Å². The summed E-state index contributed by atoms with van der Waals surface area (Å²) >= 11 is 5.79. The van der Waals surface area contributed by atoms with Gasteiger partial charge in [-0.15, -0.1) is 0 Å². The van der Waals surface area contributed by atoms with Crippen LogP contribution in [0.5, 0.6) is 0 Å². The van der Waals surface area contributed by atoms with E-state index in [2.05, 4.69) is 20.7 Å². The maximum atomic E-state index is 12.1. The summed E-state index contributed by atoms with van der Waals surface area (Å²) in [4.78, 5) is 28.2. The fraction of sp³-hybridized carbons (Fsp3) is 0.286. The Kier molecular flexibility index (Phi) is 3.81. The van der Waals surface area contributed by atoms with E-state index in [0.717, 1.165) is 0 Å². The zero-order valence-corrected chi connectivity index (χ0v) is 12.6. The van der Waals surface area contributed by atoms with Gasteiger partial charge >= 0.3 is 0 Å². The number of halogens is 1. The summed E-state index contributed by atoms with van der Waals surface area (Å²) in [6.07, 6.45) is 0.660. The van der Waals surface area contributed by atoms with Crippen LogP contribution in [0.1, 0.15) is 25.2 Å². The van der Waals surface area contributed by atoms with Gasteiger partial charge in [-0.1, -0.05) is 18.5 Å². The van der Waals surface area contributed by atoms with Crippen molar-refractivity contribution in [3.63, 3.8) is 0 Å². The number of aryl methyl sites for hydroxylation is 1. The van der Waals surface area contributed by atoms with E-state index in [4.69, 9.17) is 11.6 Å². The van der Waals surface area contributed by atoms with Crippen molar-refractivity contribution in [1.29, 1.82) is 0 Å². The Morgan fingerprint density at radius 3 is 2.82 bits per heavy atom. The fourth-order valence-corrected chi connectivity index (χ4v) is 2.35. The van der Waals surface area contributed by atoms with E-state index in [-0.39, 0.29) is 18.2 Å². The highest BCUT2D eigenvalue weighted by Crippen LogP contribution is 2.25. The number of fused-ring (bicyclic) bond motifs is 1. The topological polar surface area (TPSA) is 88.9 Å². The summed E-state index contributed by atoms with van der Waals surface area (Å²) in [5, 5.41) is 10.2. The monoisotopic (exact) mass is 319 g/mol. The Morgan fingerprint density at radius 2 is 2.14 bits per heavy atom. The number of nitrogens with zero attached hydrogens (tertiary/aromatic N) is 3. The van der Waals surface area contributed by atoms with Crippen molar-refractivity contribution in [2.45, 2.75) is 25.8 Å². The number of anilines is 2. The number of amides is 2. The first kappa shape index (κ1) is 14.5. The second-order valence-electron chi connectivity index (χ2n) is 4.91. The molecule has 8 heteroatoms. The second-order valence-corrected chi connectivity index (χ2v) is 5.35. The number of carbonyl (C=O) groups is 2. The van der Waals surface area contributed by atoms with Crippen LogP contribution in [0.3, 0.4) is 0 Å². The minimum atomic E-state index is -0.671. The van der Waals surface area contributed by atoms with E-state index in [0.29, 0.717) is 28.9 Å². The molecule has 0 radical (unpaired) electrons. The highest BCUT2D eigenvalue weighted by Gasteiger charge is 2.34. The highest BCUT2D eigenvalue weighted by molar-refractivity contribution is 6.30. The van der Waals surface area contributed by atoms with Gasteiger partial charge < -0.3 is 5.32 Å². The molecule has 0 saturated carbocycles. The maximum absolute atomic E-state index is 12.1. The van der Waals surface area contributed by atoms with Gasteiger partial charge in [0.25, 0.3) is 5.91 Å². The molecule has 1 aliphatic heterocycles. The Bertz CT molecular complexity index is 725. The molecule has 0 spiro atoms. The minimum absolute atomic E-state index is 0.00598. The van der Waals surface area contributed by atoms with Gasteiger partial charge in [-0.05, 0) is 24.3 Å². The molecule has 1 aliphatic rings. The minimum Gasteiger partial charge on any atom is -0.326 e. The molecule has 1 atom stereocenters. The molecule has 2 N–H and O–H groups in total. The van der Waals surface area contributed by atoms with E-state index in [1.165, 1.54) is 4.68 Å². The summed E-state index contributed by atoms with van der Waals surface area (Å²) in [6, 6.07) is 6.09. The standard InChI is InChI=1S/C14H14ClN5O2/c1-2-11-17-14-18-13(22)10(20(14)19-11)7-12(21)16-9-5-3-8(15)4-6-9/h3-6,10H,2,7H2,1H3,(H,16,21)(H,17,18,19,22)/t10-/m0/s1. The average molecular weight is 320 g/mol. The van der Waals surface area contributed by atoms with E-state index < -0.39 is 6.04 Å². The van der Waals surface area contributed by atoms with Crippen molar-refractivity contribution in [2.24, 2.45) is 0 Å².